The van der Waals surface area contributed by atoms with Crippen molar-refractivity contribution in [3.05, 3.63) is 108 Å². The number of carbonyl (C=O) groups is 2. The lowest BCUT2D eigenvalue weighted by atomic mass is 10.2. The van der Waals surface area contributed by atoms with Gasteiger partial charge in [0, 0.05) is 6.08 Å². The van der Waals surface area contributed by atoms with E-state index in [-0.39, 0.29) is 12.2 Å². The first kappa shape index (κ1) is 22.4. The van der Waals surface area contributed by atoms with E-state index in [9.17, 15) is 9.59 Å². The molecular weight excluding hydrogens is 352 g/mol. The molecule has 0 aliphatic heterocycles. The second-order valence-corrected chi connectivity index (χ2v) is 5.46. The van der Waals surface area contributed by atoms with Gasteiger partial charge in [-0.3, -0.25) is 0 Å². The number of benzene rings is 2. The summed E-state index contributed by atoms with van der Waals surface area (Å²) < 4.78 is 4.55. The molecule has 0 radical (unpaired) electrons. The Hall–Kier alpha value is -3.66. The van der Waals surface area contributed by atoms with Crippen molar-refractivity contribution in [1.29, 1.82) is 0 Å². The highest BCUT2D eigenvalue weighted by atomic mass is 16.5. The molecule has 0 unspecified atom stereocenters. The van der Waals surface area contributed by atoms with Gasteiger partial charge in [-0.05, 0) is 24.1 Å². The van der Waals surface area contributed by atoms with Crippen molar-refractivity contribution in [2.75, 3.05) is 6.61 Å². The second-order valence-electron chi connectivity index (χ2n) is 5.46. The Morgan fingerprint density at radius 1 is 0.893 bits per heavy atom. The molecule has 4 nitrogen and oxygen atoms in total. The Balaban J connectivity index is 0.000000295. The van der Waals surface area contributed by atoms with Gasteiger partial charge < -0.3 is 9.84 Å². The summed E-state index contributed by atoms with van der Waals surface area (Å²) in [4.78, 5) is 20.8. The molecule has 0 aromatic heterocycles. The number of carboxylic acid groups (broad SMARTS) is 1. The first-order valence-electron chi connectivity index (χ1n) is 8.74. The third-order valence-electron chi connectivity index (χ3n) is 3.25. The van der Waals surface area contributed by atoms with Crippen LogP contribution >= 0.6 is 0 Å². The lowest BCUT2D eigenvalue weighted by Gasteiger charge is -1.98. The summed E-state index contributed by atoms with van der Waals surface area (Å²) in [7, 11) is 0. The van der Waals surface area contributed by atoms with Gasteiger partial charge in [-0.1, -0.05) is 91.5 Å². The molecular formula is C24H24O4. The quantitative estimate of drug-likeness (QED) is 0.412. The van der Waals surface area contributed by atoms with Crippen molar-refractivity contribution in [2.45, 2.75) is 6.92 Å². The number of hydrogen-bond donors (Lipinski definition) is 1. The zero-order valence-electron chi connectivity index (χ0n) is 15.8. The van der Waals surface area contributed by atoms with Crippen LogP contribution in [0.2, 0.25) is 0 Å². The third kappa shape index (κ3) is 10.4. The maximum absolute atomic E-state index is 10.8. The van der Waals surface area contributed by atoms with E-state index in [0.717, 1.165) is 12.2 Å². The van der Waals surface area contributed by atoms with Crippen LogP contribution in [0.3, 0.4) is 0 Å². The van der Waals surface area contributed by atoms with E-state index in [4.69, 9.17) is 5.11 Å². The largest absolute Gasteiger partial charge is 0.478 e. The van der Waals surface area contributed by atoms with Gasteiger partial charge in [-0.25, -0.2) is 9.59 Å². The molecule has 0 amide bonds. The lowest BCUT2D eigenvalue weighted by molar-refractivity contribution is -0.138. The third-order valence-corrected chi connectivity index (χ3v) is 3.25. The number of allylic oxidation sites excluding steroid dienone is 2. The van der Waals surface area contributed by atoms with Crippen molar-refractivity contribution in [1.82, 2.24) is 0 Å². The van der Waals surface area contributed by atoms with Crippen LogP contribution in [0.15, 0.2) is 97.1 Å². The number of rotatable bonds is 7. The van der Waals surface area contributed by atoms with Crippen molar-refractivity contribution in [3.8, 4) is 0 Å². The monoisotopic (exact) mass is 376 g/mol. The number of hydrogen-bond acceptors (Lipinski definition) is 3. The average molecular weight is 376 g/mol. The number of aliphatic carboxylic acids is 1. The van der Waals surface area contributed by atoms with Gasteiger partial charge in [-0.15, -0.1) is 0 Å². The van der Waals surface area contributed by atoms with Gasteiger partial charge in [0.15, 0.2) is 0 Å². The number of ether oxygens (including phenoxy) is 1. The molecule has 2 aromatic carbocycles. The summed E-state index contributed by atoms with van der Waals surface area (Å²) in [5, 5.41) is 8.19. The first-order chi connectivity index (χ1) is 13.5. The Kier molecular flexibility index (Phi) is 10.8. The van der Waals surface area contributed by atoms with E-state index < -0.39 is 11.9 Å². The smallest absolute Gasteiger partial charge is 0.337 e. The van der Waals surface area contributed by atoms with Crippen molar-refractivity contribution >= 4 is 24.1 Å². The van der Waals surface area contributed by atoms with Gasteiger partial charge in [-0.2, -0.15) is 0 Å². The molecule has 1 N–H and O–H groups in total. The molecule has 144 valence electrons. The molecule has 2 aromatic rings. The molecule has 2 rings (SSSR count). The predicted octanol–water partition coefficient (Wildman–Crippen LogP) is 5.16. The van der Waals surface area contributed by atoms with E-state index in [2.05, 4.69) is 59.9 Å². The van der Waals surface area contributed by atoms with E-state index in [1.807, 2.05) is 36.4 Å². The van der Waals surface area contributed by atoms with E-state index in [1.54, 1.807) is 6.92 Å². The highest BCUT2D eigenvalue weighted by Crippen LogP contribution is 2.04. The molecule has 0 aliphatic carbocycles. The Labute approximate surface area is 165 Å². The highest BCUT2D eigenvalue weighted by Gasteiger charge is 2.03. The number of esters is 1. The van der Waals surface area contributed by atoms with Gasteiger partial charge in [0.2, 0.25) is 0 Å². The van der Waals surface area contributed by atoms with E-state index in [0.29, 0.717) is 0 Å². The minimum atomic E-state index is -1.12. The molecule has 0 heterocycles. The molecule has 0 saturated carbocycles. The fourth-order valence-corrected chi connectivity index (χ4v) is 1.93. The molecule has 0 aliphatic rings. The predicted molar refractivity (Wildman–Crippen MR) is 114 cm³/mol. The summed E-state index contributed by atoms with van der Waals surface area (Å²) in [5.74, 6) is -1.73. The summed E-state index contributed by atoms with van der Waals surface area (Å²) >= 11 is 0. The van der Waals surface area contributed by atoms with E-state index >= 15 is 0 Å². The molecule has 0 atom stereocenters. The SMILES string of the molecule is C(C=Cc1ccccc1)=Cc1ccccc1.C=C(C=CC(=O)O)C(=O)OCC. The first-order valence-corrected chi connectivity index (χ1v) is 8.74. The molecule has 0 fully saturated rings. The zero-order chi connectivity index (χ0) is 20.6. The minimum absolute atomic E-state index is 0.0271. The normalized spacial score (nSPS) is 10.6. The van der Waals surface area contributed by atoms with Crippen LogP contribution in [0, 0.1) is 0 Å². The summed E-state index contributed by atoms with van der Waals surface area (Å²) in [6.45, 7) is 5.23. The van der Waals surface area contributed by atoms with Gasteiger partial charge in [0.05, 0.1) is 12.2 Å². The fourth-order valence-electron chi connectivity index (χ4n) is 1.93. The average Bonchev–Trinajstić information content (AvgIpc) is 2.71. The van der Waals surface area contributed by atoms with Gasteiger partial charge >= 0.3 is 11.9 Å². The zero-order valence-corrected chi connectivity index (χ0v) is 15.8. The molecule has 0 bridgehead atoms. The Morgan fingerprint density at radius 3 is 1.75 bits per heavy atom. The Bertz CT molecular complexity index is 784. The van der Waals surface area contributed by atoms with Crippen LogP contribution in [-0.2, 0) is 14.3 Å². The molecule has 28 heavy (non-hydrogen) atoms. The summed E-state index contributed by atoms with van der Waals surface area (Å²) in [6.07, 6.45) is 10.2. The van der Waals surface area contributed by atoms with Crippen molar-refractivity contribution in [3.63, 3.8) is 0 Å². The Morgan fingerprint density at radius 2 is 1.36 bits per heavy atom. The fraction of sp³-hybridized carbons (Fsp3) is 0.0833. The topological polar surface area (TPSA) is 63.6 Å². The molecule has 0 spiro atoms. The minimum Gasteiger partial charge on any atom is -0.478 e. The van der Waals surface area contributed by atoms with Crippen LogP contribution in [-0.4, -0.2) is 23.7 Å². The summed E-state index contributed by atoms with van der Waals surface area (Å²) in [6, 6.07) is 20.6. The van der Waals surface area contributed by atoms with E-state index in [1.165, 1.54) is 11.1 Å². The van der Waals surface area contributed by atoms with Crippen LogP contribution < -0.4 is 0 Å². The van der Waals surface area contributed by atoms with Gasteiger partial charge in [0.1, 0.15) is 0 Å². The maximum Gasteiger partial charge on any atom is 0.337 e. The highest BCUT2D eigenvalue weighted by molar-refractivity contribution is 5.93. The molecule has 0 saturated heterocycles. The van der Waals surface area contributed by atoms with Crippen LogP contribution in [0.4, 0.5) is 0 Å². The van der Waals surface area contributed by atoms with Gasteiger partial charge in [0.25, 0.3) is 0 Å². The summed E-state index contributed by atoms with van der Waals surface area (Å²) in [5.41, 5.74) is 2.47. The van der Waals surface area contributed by atoms with Crippen LogP contribution in [0.5, 0.6) is 0 Å². The number of carbonyl (C=O) groups excluding carboxylic acids is 1. The van der Waals surface area contributed by atoms with Crippen LogP contribution in [0.25, 0.3) is 12.2 Å². The maximum atomic E-state index is 10.8. The molecule has 4 heteroatoms. The second kappa shape index (κ2) is 13.5. The standard InChI is InChI=1S/C16H14.C8H10O4/c1-3-9-15(10-4-1)13-7-8-14-16-11-5-2-6-12-16;1-3-12-8(11)6(2)4-5-7(9)10/h1-14H;4-5H,2-3H2,1H3,(H,9,10). The van der Waals surface area contributed by atoms with Crippen LogP contribution in [0.1, 0.15) is 18.1 Å². The van der Waals surface area contributed by atoms with Crippen molar-refractivity contribution < 1.29 is 19.4 Å². The number of carboxylic acids is 1. The van der Waals surface area contributed by atoms with Crippen molar-refractivity contribution in [2.24, 2.45) is 0 Å². The lowest BCUT2D eigenvalue weighted by Crippen LogP contribution is -2.05.